The van der Waals surface area contributed by atoms with Crippen molar-refractivity contribution in [1.29, 1.82) is 0 Å². The van der Waals surface area contributed by atoms with Gasteiger partial charge < -0.3 is 14.5 Å². The number of fused-ring (bicyclic) bond motifs is 2. The molecule has 1 aliphatic carbocycles. The van der Waals surface area contributed by atoms with Crippen LogP contribution in [-0.2, 0) is 17.6 Å². The van der Waals surface area contributed by atoms with E-state index in [0.29, 0.717) is 23.0 Å². The van der Waals surface area contributed by atoms with Crippen molar-refractivity contribution in [3.05, 3.63) is 35.4 Å². The summed E-state index contributed by atoms with van der Waals surface area (Å²) in [5.74, 6) is 0.785. The number of quaternary nitrogens is 1. The van der Waals surface area contributed by atoms with E-state index in [4.69, 9.17) is 4.74 Å². The van der Waals surface area contributed by atoms with Crippen molar-refractivity contribution in [3.63, 3.8) is 0 Å². The normalized spacial score (nSPS) is 44.3. The maximum absolute atomic E-state index is 6.79. The van der Waals surface area contributed by atoms with E-state index >= 15 is 0 Å². The number of benzene rings is 1. The molecule has 7 aliphatic rings. The summed E-state index contributed by atoms with van der Waals surface area (Å²) < 4.78 is 8.16. The van der Waals surface area contributed by atoms with Gasteiger partial charge in [0.05, 0.1) is 24.7 Å². The second kappa shape index (κ2) is 8.03. The molecule has 1 aromatic rings. The van der Waals surface area contributed by atoms with Gasteiger partial charge in [-0.15, -0.1) is 0 Å². The first-order valence-corrected chi connectivity index (χ1v) is 14.9. The molecule has 1 aromatic carbocycles. The Balaban J connectivity index is 1.06. The van der Waals surface area contributed by atoms with E-state index in [9.17, 15) is 0 Å². The Labute approximate surface area is 213 Å². The molecule has 1 N–H and O–H groups in total. The number of piperidine rings is 4. The Bertz CT molecular complexity index is 943. The largest absolute Gasteiger partial charge is 0.369 e. The third-order valence-corrected chi connectivity index (χ3v) is 11.8. The molecule has 192 valence electrons. The summed E-state index contributed by atoms with van der Waals surface area (Å²) in [6.07, 6.45) is 12.1. The van der Waals surface area contributed by atoms with Crippen LogP contribution in [0.25, 0.3) is 0 Å². The molecule has 8 rings (SSSR count). The highest BCUT2D eigenvalue weighted by Gasteiger charge is 2.67. The fourth-order valence-electron chi connectivity index (χ4n) is 10.3. The van der Waals surface area contributed by atoms with Crippen LogP contribution in [-0.4, -0.2) is 78.0 Å². The number of hydrogen-bond acceptors (Lipinski definition) is 3. The van der Waals surface area contributed by atoms with Gasteiger partial charge in [-0.05, 0) is 75.1 Å². The second-order valence-corrected chi connectivity index (χ2v) is 14.4. The topological polar surface area (TPSA) is 24.5 Å². The molecule has 0 radical (unpaired) electrons. The lowest BCUT2D eigenvalue weighted by molar-refractivity contribution is -0.964. The summed E-state index contributed by atoms with van der Waals surface area (Å²) in [6.45, 7) is 14.9. The van der Waals surface area contributed by atoms with Crippen LogP contribution in [0.5, 0.6) is 0 Å². The zero-order valence-corrected chi connectivity index (χ0v) is 22.5. The van der Waals surface area contributed by atoms with Gasteiger partial charge in [-0.2, -0.15) is 0 Å². The van der Waals surface area contributed by atoms with Gasteiger partial charge in [-0.25, -0.2) is 0 Å². The van der Waals surface area contributed by atoms with Crippen molar-refractivity contribution in [2.75, 3.05) is 39.3 Å². The van der Waals surface area contributed by atoms with Crippen molar-refractivity contribution in [1.82, 2.24) is 10.2 Å². The first kappa shape index (κ1) is 23.2. The first-order valence-electron chi connectivity index (χ1n) is 14.9. The lowest BCUT2D eigenvalue weighted by atomic mass is 9.67. The molecule has 0 amide bonds. The van der Waals surface area contributed by atoms with Gasteiger partial charge in [-0.3, -0.25) is 4.90 Å². The monoisotopic (exact) mass is 478 g/mol. The molecule has 0 aromatic heterocycles. The number of nitrogens with one attached hydrogen (secondary N) is 1. The van der Waals surface area contributed by atoms with Crippen molar-refractivity contribution in [2.24, 2.45) is 11.3 Å². The van der Waals surface area contributed by atoms with Crippen molar-refractivity contribution in [3.8, 4) is 0 Å². The van der Waals surface area contributed by atoms with Gasteiger partial charge in [0.1, 0.15) is 12.1 Å². The van der Waals surface area contributed by atoms with Gasteiger partial charge in [0.15, 0.2) is 0 Å². The van der Waals surface area contributed by atoms with E-state index < -0.39 is 0 Å². The summed E-state index contributed by atoms with van der Waals surface area (Å²) in [4.78, 5) is 2.96. The zero-order chi connectivity index (χ0) is 23.9. The minimum absolute atomic E-state index is 0.145. The van der Waals surface area contributed by atoms with E-state index in [0.717, 1.165) is 18.6 Å². The number of hydrogen-bond donors (Lipinski definition) is 1. The SMILES string of the molecule is CC(C)NC1CCOC2(C1)C[N+]13CCC2CC1CC(C)(N1CCC2(CC1)Cc1ccccc1C2)C3. The van der Waals surface area contributed by atoms with Crippen molar-refractivity contribution < 1.29 is 9.22 Å². The van der Waals surface area contributed by atoms with Gasteiger partial charge in [0, 0.05) is 43.9 Å². The Hall–Kier alpha value is -0.940. The van der Waals surface area contributed by atoms with E-state index in [1.54, 1.807) is 11.1 Å². The minimum Gasteiger partial charge on any atom is -0.369 e. The quantitative estimate of drug-likeness (QED) is 0.645. The van der Waals surface area contributed by atoms with Crippen LogP contribution < -0.4 is 5.32 Å². The number of rotatable bonds is 3. The van der Waals surface area contributed by atoms with Gasteiger partial charge >= 0.3 is 0 Å². The highest BCUT2D eigenvalue weighted by molar-refractivity contribution is 5.34. The molecule has 6 unspecified atom stereocenters. The van der Waals surface area contributed by atoms with Crippen LogP contribution in [0, 0.1) is 11.3 Å². The third kappa shape index (κ3) is 3.68. The summed E-state index contributed by atoms with van der Waals surface area (Å²) in [5.41, 5.74) is 4.34. The summed E-state index contributed by atoms with van der Waals surface area (Å²) in [7, 11) is 0. The van der Waals surface area contributed by atoms with E-state index in [1.165, 1.54) is 95.0 Å². The Morgan fingerprint density at radius 2 is 1.77 bits per heavy atom. The standard InChI is InChI=1S/C31H48N3O/c1-23(2)32-27-9-15-35-31(19-27)22-34-14-8-26(31)16-28(34)20-29(3,21-34)33-12-10-30(11-13-33)17-24-6-4-5-7-25(24)18-30/h4-7,23,26-28,32H,8-22H2,1-3H3/q+1. The number of ether oxygens (including phenoxy) is 1. The molecule has 3 spiro atoms. The number of nitrogens with zero attached hydrogens (tertiary/aromatic N) is 2. The summed E-state index contributed by atoms with van der Waals surface area (Å²) in [5, 5.41) is 3.87. The molecule has 0 saturated carbocycles. The lowest BCUT2D eigenvalue weighted by Gasteiger charge is -2.61. The predicted octanol–water partition coefficient (Wildman–Crippen LogP) is 4.55. The van der Waals surface area contributed by atoms with Gasteiger partial charge in [0.25, 0.3) is 0 Å². The maximum atomic E-state index is 6.79. The fraction of sp³-hybridized carbons (Fsp3) is 0.806. The second-order valence-electron chi connectivity index (χ2n) is 14.4. The molecule has 4 heteroatoms. The minimum atomic E-state index is 0.145. The van der Waals surface area contributed by atoms with E-state index in [2.05, 4.69) is 55.3 Å². The molecule has 2 bridgehead atoms. The zero-order valence-electron chi connectivity index (χ0n) is 22.5. The molecule has 6 atom stereocenters. The molecule has 4 nitrogen and oxygen atoms in total. The van der Waals surface area contributed by atoms with Crippen LogP contribution in [0.1, 0.15) is 76.8 Å². The average Bonchev–Trinajstić information content (AvgIpc) is 3.32. The van der Waals surface area contributed by atoms with Crippen LogP contribution in [0.3, 0.4) is 0 Å². The summed E-state index contributed by atoms with van der Waals surface area (Å²) in [6, 6.07) is 11.3. The van der Waals surface area contributed by atoms with Crippen LogP contribution in [0.15, 0.2) is 24.3 Å². The van der Waals surface area contributed by atoms with E-state index in [-0.39, 0.29) is 5.60 Å². The third-order valence-electron chi connectivity index (χ3n) is 11.8. The van der Waals surface area contributed by atoms with Gasteiger partial charge in [-0.1, -0.05) is 38.1 Å². The molecule has 6 fully saturated rings. The first-order chi connectivity index (χ1) is 16.8. The van der Waals surface area contributed by atoms with Gasteiger partial charge in [0.2, 0.25) is 0 Å². The molecule has 6 saturated heterocycles. The Morgan fingerprint density at radius 3 is 2.49 bits per heavy atom. The maximum Gasteiger partial charge on any atom is 0.122 e. The van der Waals surface area contributed by atoms with E-state index in [1.807, 2.05) is 0 Å². The van der Waals surface area contributed by atoms with Crippen LogP contribution in [0.4, 0.5) is 0 Å². The molecular weight excluding hydrogens is 430 g/mol. The molecule has 35 heavy (non-hydrogen) atoms. The predicted molar refractivity (Wildman–Crippen MR) is 141 cm³/mol. The Morgan fingerprint density at radius 1 is 1.03 bits per heavy atom. The van der Waals surface area contributed by atoms with Crippen LogP contribution in [0.2, 0.25) is 0 Å². The fourth-order valence-corrected chi connectivity index (χ4v) is 10.3. The summed E-state index contributed by atoms with van der Waals surface area (Å²) >= 11 is 0. The van der Waals surface area contributed by atoms with Crippen molar-refractivity contribution in [2.45, 2.75) is 108 Å². The Kier molecular flexibility index (Phi) is 5.32. The number of likely N-dealkylation sites (tertiary alicyclic amines) is 1. The van der Waals surface area contributed by atoms with Crippen molar-refractivity contribution >= 4 is 0 Å². The highest BCUT2D eigenvalue weighted by atomic mass is 16.5. The smallest absolute Gasteiger partial charge is 0.122 e. The highest BCUT2D eigenvalue weighted by Crippen LogP contribution is 2.56. The van der Waals surface area contributed by atoms with Crippen LogP contribution >= 0.6 is 0 Å². The molecule has 6 heterocycles. The lowest BCUT2D eigenvalue weighted by Crippen LogP contribution is -2.74. The average molecular weight is 479 g/mol. The molecular formula is C31H48N3O+. The molecule has 6 aliphatic heterocycles.